The molecule has 2 aromatic carbocycles. The fraction of sp³-hybridized carbons (Fsp3) is 0.118. The Morgan fingerprint density at radius 1 is 1.24 bits per heavy atom. The molecule has 0 fully saturated rings. The number of nitrogen functional groups attached to an aromatic ring is 1. The van der Waals surface area contributed by atoms with E-state index in [-0.39, 0.29) is 11.7 Å². The van der Waals surface area contributed by atoms with Crippen LogP contribution in [0, 0.1) is 0 Å². The Bertz CT molecular complexity index is 915. The summed E-state index contributed by atoms with van der Waals surface area (Å²) in [5.41, 5.74) is 8.19. The molecule has 0 aliphatic carbocycles. The van der Waals surface area contributed by atoms with Gasteiger partial charge in [-0.2, -0.15) is 4.98 Å². The van der Waals surface area contributed by atoms with Crippen LogP contribution in [0.5, 0.6) is 0 Å². The first-order valence-corrected chi connectivity index (χ1v) is 8.31. The summed E-state index contributed by atoms with van der Waals surface area (Å²) in [7, 11) is 0. The van der Waals surface area contributed by atoms with Crippen molar-refractivity contribution in [3.8, 4) is 11.1 Å². The largest absolute Gasteiger partial charge is 0.368 e. The van der Waals surface area contributed by atoms with Gasteiger partial charge in [0.25, 0.3) is 0 Å². The summed E-state index contributed by atoms with van der Waals surface area (Å²) in [6.07, 6.45) is 0.438. The van der Waals surface area contributed by atoms with E-state index in [1.807, 2.05) is 19.1 Å². The third-order valence-corrected chi connectivity index (χ3v) is 4.19. The molecule has 1 aromatic heterocycles. The number of hydrogen-bond acceptors (Lipinski definition) is 5. The molecule has 6 nitrogen and oxygen atoms in total. The second-order valence-corrected chi connectivity index (χ2v) is 6.16. The number of aromatic amines is 1. The van der Waals surface area contributed by atoms with Crippen molar-refractivity contribution in [1.29, 1.82) is 0 Å². The first kappa shape index (κ1) is 17.3. The lowest BCUT2D eigenvalue weighted by atomic mass is 10.00. The minimum Gasteiger partial charge on any atom is -0.368 e. The van der Waals surface area contributed by atoms with E-state index in [9.17, 15) is 4.79 Å². The van der Waals surface area contributed by atoms with E-state index in [4.69, 9.17) is 28.9 Å². The van der Waals surface area contributed by atoms with Crippen LogP contribution >= 0.6 is 23.2 Å². The molecule has 8 heteroatoms. The van der Waals surface area contributed by atoms with Crippen LogP contribution in [0.1, 0.15) is 23.7 Å². The van der Waals surface area contributed by atoms with Gasteiger partial charge in [-0.05, 0) is 23.8 Å². The summed E-state index contributed by atoms with van der Waals surface area (Å²) >= 11 is 12.8. The number of aromatic nitrogens is 3. The summed E-state index contributed by atoms with van der Waals surface area (Å²) in [4.78, 5) is 15.9. The number of nitrogens with two attached hydrogens (primary N) is 1. The summed E-state index contributed by atoms with van der Waals surface area (Å²) in [5, 5.41) is 10.3. The van der Waals surface area contributed by atoms with Gasteiger partial charge >= 0.3 is 0 Å². The zero-order chi connectivity index (χ0) is 18.0. The van der Waals surface area contributed by atoms with E-state index in [1.54, 1.807) is 24.3 Å². The number of halogens is 2. The predicted molar refractivity (Wildman–Crippen MR) is 101 cm³/mol. The van der Waals surface area contributed by atoms with E-state index in [2.05, 4.69) is 20.5 Å². The lowest BCUT2D eigenvalue weighted by Gasteiger charge is -2.11. The highest BCUT2D eigenvalue weighted by molar-refractivity contribution is 6.39. The molecule has 0 bridgehead atoms. The number of nitrogens with zero attached hydrogens (tertiary/aromatic N) is 2. The van der Waals surface area contributed by atoms with Gasteiger partial charge in [-0.25, -0.2) is 5.10 Å². The Balaban J connectivity index is 1.96. The lowest BCUT2D eigenvalue weighted by molar-refractivity contribution is 0.0988. The summed E-state index contributed by atoms with van der Waals surface area (Å²) in [6, 6.07) is 10.7. The highest BCUT2D eigenvalue weighted by Gasteiger charge is 2.13. The third-order valence-electron chi connectivity index (χ3n) is 3.60. The third kappa shape index (κ3) is 3.75. The highest BCUT2D eigenvalue weighted by atomic mass is 35.5. The number of hydrogen-bond donors (Lipinski definition) is 3. The molecule has 0 radical (unpaired) electrons. The van der Waals surface area contributed by atoms with Crippen molar-refractivity contribution in [2.75, 3.05) is 11.1 Å². The minimum absolute atomic E-state index is 0.0644. The van der Waals surface area contributed by atoms with Gasteiger partial charge in [-0.1, -0.05) is 48.3 Å². The van der Waals surface area contributed by atoms with Gasteiger partial charge < -0.3 is 11.1 Å². The average molecular weight is 376 g/mol. The molecule has 3 rings (SSSR count). The molecule has 128 valence electrons. The molecule has 0 spiro atoms. The molecule has 0 amide bonds. The summed E-state index contributed by atoms with van der Waals surface area (Å²) < 4.78 is 0. The lowest BCUT2D eigenvalue weighted by Crippen LogP contribution is -1.97. The molecule has 3 aromatic rings. The molecule has 0 aliphatic heterocycles. The molecule has 0 saturated carbocycles. The number of H-pyrrole nitrogens is 1. The fourth-order valence-corrected chi connectivity index (χ4v) is 3.14. The van der Waals surface area contributed by atoms with Crippen LogP contribution in [0.4, 0.5) is 17.6 Å². The van der Waals surface area contributed by atoms with Gasteiger partial charge in [-0.15, -0.1) is 5.10 Å². The zero-order valence-electron chi connectivity index (χ0n) is 13.3. The molecular weight excluding hydrogens is 361 g/mol. The number of anilines is 3. The second kappa shape index (κ2) is 7.13. The van der Waals surface area contributed by atoms with Gasteiger partial charge in [-0.3, -0.25) is 4.79 Å². The number of carbonyl (C=O) groups excluding carboxylic acids is 1. The van der Waals surface area contributed by atoms with Gasteiger partial charge in [0.2, 0.25) is 11.9 Å². The highest BCUT2D eigenvalue weighted by Crippen LogP contribution is 2.38. The Morgan fingerprint density at radius 3 is 2.56 bits per heavy atom. The van der Waals surface area contributed by atoms with Crippen LogP contribution in [-0.4, -0.2) is 21.0 Å². The van der Waals surface area contributed by atoms with Crippen LogP contribution < -0.4 is 11.1 Å². The Morgan fingerprint density at radius 2 is 1.96 bits per heavy atom. The van der Waals surface area contributed by atoms with Crippen molar-refractivity contribution >= 4 is 46.6 Å². The molecule has 0 unspecified atom stereocenters. The average Bonchev–Trinajstić information content (AvgIpc) is 2.98. The van der Waals surface area contributed by atoms with Crippen molar-refractivity contribution in [3.63, 3.8) is 0 Å². The molecule has 0 atom stereocenters. The summed E-state index contributed by atoms with van der Waals surface area (Å²) in [6.45, 7) is 1.82. The van der Waals surface area contributed by atoms with E-state index in [0.717, 1.165) is 5.56 Å². The van der Waals surface area contributed by atoms with Crippen LogP contribution in [0.25, 0.3) is 11.1 Å². The van der Waals surface area contributed by atoms with Gasteiger partial charge in [0.1, 0.15) is 0 Å². The van der Waals surface area contributed by atoms with E-state index < -0.39 is 0 Å². The molecule has 0 saturated heterocycles. The minimum atomic E-state index is 0.0644. The maximum atomic E-state index is 11.9. The van der Waals surface area contributed by atoms with E-state index >= 15 is 0 Å². The zero-order valence-corrected chi connectivity index (χ0v) is 14.8. The SMILES string of the molecule is CCC(=O)c1cccc(-c2c(Cl)cc(Nc3n[nH]c(N)n3)cc2Cl)c1. The standard InChI is InChI=1S/C17H15Cl2N5O/c1-2-14(25)9-4-3-5-10(6-9)15-12(18)7-11(8-13(15)19)21-17-22-16(20)23-24-17/h3-8H,2H2,1H3,(H4,20,21,22,23,24). The van der Waals surface area contributed by atoms with Crippen LogP contribution in [-0.2, 0) is 0 Å². The van der Waals surface area contributed by atoms with Crippen molar-refractivity contribution < 1.29 is 4.79 Å². The molecule has 25 heavy (non-hydrogen) atoms. The maximum Gasteiger partial charge on any atom is 0.248 e. The van der Waals surface area contributed by atoms with Crippen LogP contribution in [0.2, 0.25) is 10.0 Å². The number of carbonyl (C=O) groups is 1. The topological polar surface area (TPSA) is 96.7 Å². The first-order chi connectivity index (χ1) is 12.0. The normalized spacial score (nSPS) is 10.7. The molecule has 1 heterocycles. The number of ketones is 1. The Kier molecular flexibility index (Phi) is 4.92. The fourth-order valence-electron chi connectivity index (χ4n) is 2.43. The second-order valence-electron chi connectivity index (χ2n) is 5.34. The maximum absolute atomic E-state index is 11.9. The van der Waals surface area contributed by atoms with Crippen molar-refractivity contribution in [2.24, 2.45) is 0 Å². The van der Waals surface area contributed by atoms with Crippen molar-refractivity contribution in [1.82, 2.24) is 15.2 Å². The smallest absolute Gasteiger partial charge is 0.248 e. The predicted octanol–water partition coefficient (Wildman–Crippen LogP) is 4.70. The monoisotopic (exact) mass is 375 g/mol. The van der Waals surface area contributed by atoms with Crippen molar-refractivity contribution in [3.05, 3.63) is 52.0 Å². The van der Waals surface area contributed by atoms with Gasteiger partial charge in [0, 0.05) is 23.2 Å². The first-order valence-electron chi connectivity index (χ1n) is 7.55. The molecule has 0 aliphatic rings. The number of benzene rings is 2. The Labute approximate surface area is 154 Å². The van der Waals surface area contributed by atoms with E-state index in [1.165, 1.54) is 0 Å². The molecule has 4 N–H and O–H groups in total. The van der Waals surface area contributed by atoms with Crippen LogP contribution in [0.15, 0.2) is 36.4 Å². The van der Waals surface area contributed by atoms with Gasteiger partial charge in [0.05, 0.1) is 10.0 Å². The number of Topliss-reactive ketones (excluding diaryl/α,β-unsaturated/α-hetero) is 1. The van der Waals surface area contributed by atoms with Crippen LogP contribution in [0.3, 0.4) is 0 Å². The molecular formula is C17H15Cl2N5O. The summed E-state index contributed by atoms with van der Waals surface area (Å²) in [5.74, 6) is 0.580. The van der Waals surface area contributed by atoms with E-state index in [0.29, 0.717) is 39.2 Å². The number of nitrogens with one attached hydrogen (secondary N) is 2. The number of rotatable bonds is 5. The quantitative estimate of drug-likeness (QED) is 0.561. The van der Waals surface area contributed by atoms with Gasteiger partial charge in [0.15, 0.2) is 5.78 Å². The van der Waals surface area contributed by atoms with Crippen molar-refractivity contribution in [2.45, 2.75) is 13.3 Å². The Hall–Kier alpha value is -2.57.